The number of aryl methyl sites for hydroxylation is 1. The summed E-state index contributed by atoms with van der Waals surface area (Å²) in [4.78, 5) is 12.0. The molecule has 108 valence electrons. The van der Waals surface area contributed by atoms with Gasteiger partial charge in [-0.05, 0) is 48.6 Å². The third kappa shape index (κ3) is 2.92. The van der Waals surface area contributed by atoms with Gasteiger partial charge in [-0.3, -0.25) is 4.79 Å². The summed E-state index contributed by atoms with van der Waals surface area (Å²) in [6.45, 7) is 0. The Labute approximate surface area is 124 Å². The Morgan fingerprint density at radius 2 is 1.86 bits per heavy atom. The molecule has 0 fully saturated rings. The minimum atomic E-state index is -0.000511. The molecule has 0 radical (unpaired) electrons. The average molecular weight is 281 g/mol. The molecule has 3 heteroatoms. The monoisotopic (exact) mass is 281 g/mol. The van der Waals surface area contributed by atoms with Crippen molar-refractivity contribution < 1.29 is 9.53 Å². The number of carbonyl (C=O) groups is 1. The average Bonchev–Trinajstić information content (AvgIpc) is 2.84. The van der Waals surface area contributed by atoms with Crippen molar-refractivity contribution in [1.29, 1.82) is 0 Å². The van der Waals surface area contributed by atoms with E-state index in [4.69, 9.17) is 4.74 Å². The maximum absolute atomic E-state index is 12.0. The van der Waals surface area contributed by atoms with Gasteiger partial charge in [0, 0.05) is 5.69 Å². The second kappa shape index (κ2) is 6.00. The smallest absolute Gasteiger partial charge is 0.232 e. The Balaban J connectivity index is 1.59. The first-order valence-electron chi connectivity index (χ1n) is 7.30. The van der Waals surface area contributed by atoms with E-state index in [0.29, 0.717) is 0 Å². The lowest BCUT2D eigenvalue weighted by Crippen LogP contribution is -2.12. The summed E-state index contributed by atoms with van der Waals surface area (Å²) >= 11 is 0. The van der Waals surface area contributed by atoms with Crippen molar-refractivity contribution >= 4 is 11.6 Å². The number of rotatable bonds is 5. The van der Waals surface area contributed by atoms with Gasteiger partial charge in [-0.1, -0.05) is 30.3 Å². The normalized spacial score (nSPS) is 16.4. The largest absolute Gasteiger partial charge is 0.497 e. The number of ether oxygens (including phenoxy) is 1. The van der Waals surface area contributed by atoms with E-state index in [9.17, 15) is 4.79 Å². The highest BCUT2D eigenvalue weighted by atomic mass is 16.5. The van der Waals surface area contributed by atoms with Gasteiger partial charge in [-0.25, -0.2) is 0 Å². The van der Waals surface area contributed by atoms with Gasteiger partial charge in [0.2, 0.25) is 5.91 Å². The molecule has 21 heavy (non-hydrogen) atoms. The van der Waals surface area contributed by atoms with Gasteiger partial charge in [0.1, 0.15) is 5.75 Å². The van der Waals surface area contributed by atoms with Gasteiger partial charge >= 0.3 is 0 Å². The highest BCUT2D eigenvalue weighted by Crippen LogP contribution is 2.35. The molecule has 1 N–H and O–H groups in total. The summed E-state index contributed by atoms with van der Waals surface area (Å²) < 4.78 is 5.16. The fourth-order valence-corrected chi connectivity index (χ4v) is 2.86. The van der Waals surface area contributed by atoms with Gasteiger partial charge < -0.3 is 10.1 Å². The van der Waals surface area contributed by atoms with Crippen LogP contribution in [0.1, 0.15) is 29.9 Å². The standard InChI is InChI=1S/C18H19NO2/c1-21-14-11-9-13(10-12-14)5-4-7-16-15-6-2-3-8-17(15)19-18(16)20/h2-3,6,8-12,16H,4-5,7H2,1H3,(H,19,20). The van der Waals surface area contributed by atoms with Crippen LogP contribution in [-0.2, 0) is 11.2 Å². The van der Waals surface area contributed by atoms with Crippen LogP contribution < -0.4 is 10.1 Å². The predicted octanol–water partition coefficient (Wildman–Crippen LogP) is 3.75. The van der Waals surface area contributed by atoms with Crippen LogP contribution in [0.4, 0.5) is 5.69 Å². The quantitative estimate of drug-likeness (QED) is 0.906. The number of carbonyl (C=O) groups excluding carboxylic acids is 1. The summed E-state index contributed by atoms with van der Waals surface area (Å²) in [5.74, 6) is 1.01. The fourth-order valence-electron chi connectivity index (χ4n) is 2.86. The highest BCUT2D eigenvalue weighted by molar-refractivity contribution is 6.02. The van der Waals surface area contributed by atoms with Crippen LogP contribution in [0.15, 0.2) is 48.5 Å². The third-order valence-electron chi connectivity index (χ3n) is 4.03. The summed E-state index contributed by atoms with van der Waals surface area (Å²) in [5.41, 5.74) is 3.39. The van der Waals surface area contributed by atoms with Crippen LogP contribution in [0, 0.1) is 0 Å². The number of benzene rings is 2. The molecule has 3 rings (SSSR count). The first-order valence-corrected chi connectivity index (χ1v) is 7.30. The van der Waals surface area contributed by atoms with Gasteiger partial charge in [0.05, 0.1) is 13.0 Å². The first-order chi connectivity index (χ1) is 10.3. The van der Waals surface area contributed by atoms with E-state index in [-0.39, 0.29) is 11.8 Å². The topological polar surface area (TPSA) is 38.3 Å². The van der Waals surface area contributed by atoms with Gasteiger partial charge in [-0.15, -0.1) is 0 Å². The van der Waals surface area contributed by atoms with E-state index in [0.717, 1.165) is 36.3 Å². The number of amides is 1. The van der Waals surface area contributed by atoms with E-state index < -0.39 is 0 Å². The summed E-state index contributed by atoms with van der Waals surface area (Å²) in [6, 6.07) is 16.1. The Hall–Kier alpha value is -2.29. The van der Waals surface area contributed by atoms with E-state index >= 15 is 0 Å². The van der Waals surface area contributed by atoms with E-state index in [2.05, 4.69) is 17.4 Å². The van der Waals surface area contributed by atoms with Crippen molar-refractivity contribution in [1.82, 2.24) is 0 Å². The van der Waals surface area contributed by atoms with E-state index in [1.54, 1.807) is 7.11 Å². The molecule has 0 aromatic heterocycles. The Kier molecular flexibility index (Phi) is 3.91. The van der Waals surface area contributed by atoms with E-state index in [1.165, 1.54) is 5.56 Å². The van der Waals surface area contributed by atoms with Crippen molar-refractivity contribution in [3.05, 3.63) is 59.7 Å². The summed E-state index contributed by atoms with van der Waals surface area (Å²) in [7, 11) is 1.67. The molecular formula is C18H19NO2. The molecule has 2 aromatic rings. The Morgan fingerprint density at radius 3 is 2.62 bits per heavy atom. The molecular weight excluding hydrogens is 262 g/mol. The number of anilines is 1. The minimum Gasteiger partial charge on any atom is -0.497 e. The molecule has 2 aromatic carbocycles. The molecule has 1 heterocycles. The molecule has 1 atom stereocenters. The van der Waals surface area contributed by atoms with E-state index in [1.807, 2.05) is 36.4 Å². The zero-order valence-electron chi connectivity index (χ0n) is 12.1. The number of hydrogen-bond donors (Lipinski definition) is 1. The fraction of sp³-hybridized carbons (Fsp3) is 0.278. The lowest BCUT2D eigenvalue weighted by atomic mass is 9.94. The minimum absolute atomic E-state index is 0.000511. The SMILES string of the molecule is COc1ccc(CCCC2C(=O)Nc3ccccc32)cc1. The van der Waals surface area contributed by atoms with Crippen molar-refractivity contribution in [3.63, 3.8) is 0 Å². The van der Waals surface area contributed by atoms with Crippen LogP contribution >= 0.6 is 0 Å². The molecule has 3 nitrogen and oxygen atoms in total. The molecule has 1 aliphatic heterocycles. The molecule has 0 spiro atoms. The number of para-hydroxylation sites is 1. The van der Waals surface area contributed by atoms with Gasteiger partial charge in [0.15, 0.2) is 0 Å². The summed E-state index contributed by atoms with van der Waals surface area (Å²) in [5, 5.41) is 2.96. The first kappa shape index (κ1) is 13.7. The number of methoxy groups -OCH3 is 1. The maximum atomic E-state index is 12.0. The van der Waals surface area contributed by atoms with Crippen LogP contribution in [0.5, 0.6) is 5.75 Å². The van der Waals surface area contributed by atoms with Crippen LogP contribution in [0.25, 0.3) is 0 Å². The molecule has 0 saturated carbocycles. The summed E-state index contributed by atoms with van der Waals surface area (Å²) in [6.07, 6.45) is 2.86. The van der Waals surface area contributed by atoms with Gasteiger partial charge in [-0.2, -0.15) is 0 Å². The Morgan fingerprint density at radius 1 is 1.10 bits per heavy atom. The predicted molar refractivity (Wildman–Crippen MR) is 83.7 cm³/mol. The maximum Gasteiger partial charge on any atom is 0.232 e. The second-order valence-electron chi connectivity index (χ2n) is 5.37. The molecule has 1 amide bonds. The third-order valence-corrected chi connectivity index (χ3v) is 4.03. The van der Waals surface area contributed by atoms with Crippen LogP contribution in [0.2, 0.25) is 0 Å². The molecule has 1 aliphatic rings. The number of fused-ring (bicyclic) bond motifs is 1. The molecule has 0 aliphatic carbocycles. The van der Waals surface area contributed by atoms with Gasteiger partial charge in [0.25, 0.3) is 0 Å². The Bertz CT molecular complexity index is 634. The molecule has 0 bridgehead atoms. The lowest BCUT2D eigenvalue weighted by molar-refractivity contribution is -0.117. The number of hydrogen-bond acceptors (Lipinski definition) is 2. The van der Waals surface area contributed by atoms with Crippen molar-refractivity contribution in [2.45, 2.75) is 25.2 Å². The van der Waals surface area contributed by atoms with Crippen molar-refractivity contribution in [3.8, 4) is 5.75 Å². The second-order valence-corrected chi connectivity index (χ2v) is 5.37. The molecule has 1 unspecified atom stereocenters. The zero-order chi connectivity index (χ0) is 14.7. The zero-order valence-corrected chi connectivity index (χ0v) is 12.1. The molecule has 0 saturated heterocycles. The highest BCUT2D eigenvalue weighted by Gasteiger charge is 2.29. The lowest BCUT2D eigenvalue weighted by Gasteiger charge is -2.09. The van der Waals surface area contributed by atoms with Crippen molar-refractivity contribution in [2.24, 2.45) is 0 Å². The number of nitrogens with one attached hydrogen (secondary N) is 1. The van der Waals surface area contributed by atoms with Crippen molar-refractivity contribution in [2.75, 3.05) is 12.4 Å². The van der Waals surface area contributed by atoms with Crippen LogP contribution in [0.3, 0.4) is 0 Å². The van der Waals surface area contributed by atoms with Crippen LogP contribution in [-0.4, -0.2) is 13.0 Å².